The summed E-state index contributed by atoms with van der Waals surface area (Å²) in [5.41, 5.74) is 1.63. The number of pyridine rings is 1. The summed E-state index contributed by atoms with van der Waals surface area (Å²) >= 11 is 0. The zero-order valence-corrected chi connectivity index (χ0v) is 10.6. The number of hydrogen-bond acceptors (Lipinski definition) is 3. The van der Waals surface area contributed by atoms with Crippen molar-refractivity contribution in [3.8, 4) is 5.88 Å². The Morgan fingerprint density at radius 3 is 2.74 bits per heavy atom. The highest BCUT2D eigenvalue weighted by Crippen LogP contribution is 2.16. The molecular formula is C15H16FNO2. The van der Waals surface area contributed by atoms with Crippen LogP contribution in [0.25, 0.3) is 0 Å². The molecule has 2 aromatic rings. The first-order chi connectivity index (χ1) is 9.29. The average Bonchev–Trinajstić information content (AvgIpc) is 2.46. The molecular weight excluding hydrogens is 245 g/mol. The van der Waals surface area contributed by atoms with Gasteiger partial charge in [-0.1, -0.05) is 30.3 Å². The van der Waals surface area contributed by atoms with Gasteiger partial charge in [0.25, 0.3) is 0 Å². The maximum absolute atomic E-state index is 12.9. The zero-order valence-electron chi connectivity index (χ0n) is 10.6. The molecule has 0 bridgehead atoms. The Morgan fingerprint density at radius 2 is 2.00 bits per heavy atom. The van der Waals surface area contributed by atoms with E-state index in [4.69, 9.17) is 9.84 Å². The maximum Gasteiger partial charge on any atom is 0.219 e. The number of nitrogens with zero attached hydrogens (tertiary/aromatic N) is 1. The van der Waals surface area contributed by atoms with Crippen molar-refractivity contribution in [2.75, 3.05) is 6.61 Å². The minimum atomic E-state index is -0.472. The molecule has 100 valence electrons. The van der Waals surface area contributed by atoms with Gasteiger partial charge in [-0.05, 0) is 24.5 Å². The first kappa shape index (κ1) is 13.5. The van der Waals surface area contributed by atoms with E-state index in [0.717, 1.165) is 19.0 Å². The molecule has 0 unspecified atom stereocenters. The van der Waals surface area contributed by atoms with Gasteiger partial charge in [-0.15, -0.1) is 0 Å². The van der Waals surface area contributed by atoms with Crippen molar-refractivity contribution in [3.63, 3.8) is 0 Å². The Balaban J connectivity index is 1.83. The number of ether oxygens (including phenoxy) is 1. The molecule has 1 heterocycles. The largest absolute Gasteiger partial charge is 0.477 e. The molecule has 0 fully saturated rings. The summed E-state index contributed by atoms with van der Waals surface area (Å²) in [7, 11) is 0. The van der Waals surface area contributed by atoms with Gasteiger partial charge in [0.1, 0.15) is 5.82 Å². The maximum atomic E-state index is 12.9. The average molecular weight is 261 g/mol. The molecule has 0 aliphatic carbocycles. The minimum absolute atomic E-state index is 0.279. The second kappa shape index (κ2) is 6.85. The van der Waals surface area contributed by atoms with Crippen molar-refractivity contribution in [1.82, 2.24) is 4.98 Å². The van der Waals surface area contributed by atoms with Crippen molar-refractivity contribution in [2.45, 2.75) is 19.4 Å². The highest BCUT2D eigenvalue weighted by atomic mass is 19.1. The van der Waals surface area contributed by atoms with Crippen LogP contribution in [0, 0.1) is 5.82 Å². The number of aryl methyl sites for hydroxylation is 1. The monoisotopic (exact) mass is 261 g/mol. The predicted molar refractivity (Wildman–Crippen MR) is 70.4 cm³/mol. The number of rotatable bonds is 6. The van der Waals surface area contributed by atoms with E-state index in [0.29, 0.717) is 18.1 Å². The van der Waals surface area contributed by atoms with Crippen molar-refractivity contribution in [2.24, 2.45) is 0 Å². The lowest BCUT2D eigenvalue weighted by Gasteiger charge is -2.08. The van der Waals surface area contributed by atoms with E-state index in [-0.39, 0.29) is 6.61 Å². The number of hydrogen-bond donors (Lipinski definition) is 1. The van der Waals surface area contributed by atoms with Crippen LogP contribution in [0.2, 0.25) is 0 Å². The molecule has 0 saturated heterocycles. The van der Waals surface area contributed by atoms with Crippen LogP contribution in [0.1, 0.15) is 17.5 Å². The number of aliphatic hydroxyl groups is 1. The van der Waals surface area contributed by atoms with Crippen LogP contribution >= 0.6 is 0 Å². The van der Waals surface area contributed by atoms with E-state index in [9.17, 15) is 4.39 Å². The highest BCUT2D eigenvalue weighted by Gasteiger charge is 2.06. The van der Waals surface area contributed by atoms with E-state index in [1.807, 2.05) is 18.2 Å². The van der Waals surface area contributed by atoms with Crippen LogP contribution in [0.4, 0.5) is 4.39 Å². The molecule has 1 N–H and O–H groups in total. The molecule has 1 aromatic heterocycles. The van der Waals surface area contributed by atoms with Gasteiger partial charge in [0, 0.05) is 5.56 Å². The number of aromatic nitrogens is 1. The number of halogens is 1. The molecule has 2 rings (SSSR count). The van der Waals surface area contributed by atoms with Gasteiger partial charge in [-0.2, -0.15) is 0 Å². The lowest BCUT2D eigenvalue weighted by molar-refractivity contribution is 0.254. The molecule has 0 saturated carbocycles. The van der Waals surface area contributed by atoms with Gasteiger partial charge >= 0.3 is 0 Å². The van der Waals surface area contributed by atoms with E-state index < -0.39 is 5.82 Å². The zero-order chi connectivity index (χ0) is 13.5. The molecule has 0 spiro atoms. The van der Waals surface area contributed by atoms with Crippen molar-refractivity contribution >= 4 is 0 Å². The van der Waals surface area contributed by atoms with Gasteiger partial charge in [0.05, 0.1) is 19.4 Å². The number of aliphatic hydroxyl groups excluding tert-OH is 1. The molecule has 0 aliphatic rings. The van der Waals surface area contributed by atoms with Gasteiger partial charge in [-0.25, -0.2) is 9.37 Å². The van der Waals surface area contributed by atoms with E-state index >= 15 is 0 Å². The van der Waals surface area contributed by atoms with Crippen LogP contribution in [0.5, 0.6) is 5.88 Å². The Kier molecular flexibility index (Phi) is 4.86. The first-order valence-electron chi connectivity index (χ1n) is 6.21. The molecule has 0 atom stereocenters. The molecule has 1 aromatic carbocycles. The fourth-order valence-corrected chi connectivity index (χ4v) is 1.80. The standard InChI is InChI=1S/C15H16FNO2/c16-14-9-13(11-18)15(17-10-14)19-8-4-7-12-5-2-1-3-6-12/h1-3,5-6,9-10,18H,4,7-8,11H2. The van der Waals surface area contributed by atoms with Gasteiger partial charge in [-0.3, -0.25) is 0 Å². The van der Waals surface area contributed by atoms with Crippen LogP contribution < -0.4 is 4.74 Å². The summed E-state index contributed by atoms with van der Waals surface area (Å²) in [6.45, 7) is 0.208. The van der Waals surface area contributed by atoms with E-state index in [2.05, 4.69) is 17.1 Å². The Hall–Kier alpha value is -1.94. The minimum Gasteiger partial charge on any atom is -0.477 e. The van der Waals surface area contributed by atoms with Crippen molar-refractivity contribution in [3.05, 3.63) is 59.5 Å². The summed E-state index contributed by atoms with van der Waals surface area (Å²) in [5, 5.41) is 9.09. The molecule has 3 nitrogen and oxygen atoms in total. The van der Waals surface area contributed by atoms with Crippen LogP contribution in [0.15, 0.2) is 42.6 Å². The number of benzene rings is 1. The van der Waals surface area contributed by atoms with E-state index in [1.165, 1.54) is 11.6 Å². The van der Waals surface area contributed by atoms with Crippen molar-refractivity contribution in [1.29, 1.82) is 0 Å². The van der Waals surface area contributed by atoms with Gasteiger partial charge in [0.2, 0.25) is 5.88 Å². The summed E-state index contributed by atoms with van der Waals surface area (Å²) in [6.07, 6.45) is 2.84. The molecule has 4 heteroatoms. The molecule has 0 amide bonds. The second-order valence-electron chi connectivity index (χ2n) is 4.21. The summed E-state index contributed by atoms with van der Waals surface area (Å²) in [5.74, 6) is -0.169. The Bertz CT molecular complexity index is 517. The fourth-order valence-electron chi connectivity index (χ4n) is 1.80. The second-order valence-corrected chi connectivity index (χ2v) is 4.21. The summed E-state index contributed by atoms with van der Waals surface area (Å²) in [4.78, 5) is 3.84. The highest BCUT2D eigenvalue weighted by molar-refractivity contribution is 5.25. The Morgan fingerprint density at radius 1 is 1.21 bits per heavy atom. The summed E-state index contributed by atoms with van der Waals surface area (Å²) in [6, 6.07) is 11.4. The molecule has 0 aliphatic heterocycles. The van der Waals surface area contributed by atoms with E-state index in [1.54, 1.807) is 0 Å². The van der Waals surface area contributed by atoms with Crippen molar-refractivity contribution < 1.29 is 14.2 Å². The lowest BCUT2D eigenvalue weighted by Crippen LogP contribution is -2.04. The SMILES string of the molecule is OCc1cc(F)cnc1OCCCc1ccccc1. The predicted octanol–water partition coefficient (Wildman–Crippen LogP) is 2.72. The topological polar surface area (TPSA) is 42.4 Å². The summed E-state index contributed by atoms with van der Waals surface area (Å²) < 4.78 is 18.4. The smallest absolute Gasteiger partial charge is 0.219 e. The Labute approximate surface area is 111 Å². The van der Waals surface area contributed by atoms with Gasteiger partial charge < -0.3 is 9.84 Å². The molecule has 0 radical (unpaired) electrons. The fraction of sp³-hybridized carbons (Fsp3) is 0.267. The first-order valence-corrected chi connectivity index (χ1v) is 6.21. The molecule has 19 heavy (non-hydrogen) atoms. The lowest BCUT2D eigenvalue weighted by atomic mass is 10.1. The van der Waals surface area contributed by atoms with Crippen LogP contribution in [-0.4, -0.2) is 16.7 Å². The normalized spacial score (nSPS) is 10.4. The quantitative estimate of drug-likeness (QED) is 0.813. The van der Waals surface area contributed by atoms with Crippen LogP contribution in [-0.2, 0) is 13.0 Å². The third kappa shape index (κ3) is 4.03. The van der Waals surface area contributed by atoms with Crippen LogP contribution in [0.3, 0.4) is 0 Å². The third-order valence-electron chi connectivity index (χ3n) is 2.75. The third-order valence-corrected chi connectivity index (χ3v) is 2.75. The van der Waals surface area contributed by atoms with Gasteiger partial charge in [0.15, 0.2) is 0 Å².